The predicted molar refractivity (Wildman–Crippen MR) is 93.3 cm³/mol. The van der Waals surface area contributed by atoms with Crippen molar-refractivity contribution in [1.29, 1.82) is 0 Å². The van der Waals surface area contributed by atoms with Crippen LogP contribution in [0.2, 0.25) is 0 Å². The van der Waals surface area contributed by atoms with Gasteiger partial charge in [0.2, 0.25) is 0 Å². The van der Waals surface area contributed by atoms with E-state index in [1.807, 2.05) is 19.2 Å². The zero-order chi connectivity index (χ0) is 16.9. The second kappa shape index (κ2) is 5.65. The standard InChI is InChI=1S/C17H20BrN3O3/c1-20-16(22)24-10-17(20)5-3-12(4-6-17)21-9-11-7-13(18)15(23-2)8-14(11)19-21/h7-9,12H,3-6,10H2,1-2H3/t12-,17+. The Morgan fingerprint density at radius 3 is 2.75 bits per heavy atom. The van der Waals surface area contributed by atoms with Crippen molar-refractivity contribution in [3.05, 3.63) is 22.8 Å². The molecule has 1 aliphatic carbocycles. The Morgan fingerprint density at radius 1 is 1.38 bits per heavy atom. The molecule has 128 valence electrons. The van der Waals surface area contributed by atoms with E-state index < -0.39 is 0 Å². The van der Waals surface area contributed by atoms with Gasteiger partial charge in [-0.15, -0.1) is 0 Å². The molecule has 1 aromatic heterocycles. The van der Waals surface area contributed by atoms with E-state index in [2.05, 4.69) is 26.8 Å². The maximum atomic E-state index is 11.7. The van der Waals surface area contributed by atoms with Crippen LogP contribution in [0.4, 0.5) is 4.79 Å². The van der Waals surface area contributed by atoms with E-state index in [4.69, 9.17) is 14.6 Å². The van der Waals surface area contributed by atoms with Crippen molar-refractivity contribution in [2.24, 2.45) is 0 Å². The molecule has 6 nitrogen and oxygen atoms in total. The molecule has 2 fully saturated rings. The molecule has 2 aliphatic rings. The zero-order valence-corrected chi connectivity index (χ0v) is 15.4. The quantitative estimate of drug-likeness (QED) is 0.779. The fraction of sp³-hybridized carbons (Fsp3) is 0.529. The topological polar surface area (TPSA) is 56.6 Å². The number of aromatic nitrogens is 2. The van der Waals surface area contributed by atoms with Crippen molar-refractivity contribution in [3.8, 4) is 5.75 Å². The van der Waals surface area contributed by atoms with Gasteiger partial charge >= 0.3 is 6.09 Å². The molecule has 0 N–H and O–H groups in total. The molecule has 4 rings (SSSR count). The van der Waals surface area contributed by atoms with Crippen LogP contribution in [0.25, 0.3) is 10.9 Å². The maximum absolute atomic E-state index is 11.7. The lowest BCUT2D eigenvalue weighted by Crippen LogP contribution is -2.47. The van der Waals surface area contributed by atoms with Crippen LogP contribution < -0.4 is 4.74 Å². The van der Waals surface area contributed by atoms with Gasteiger partial charge in [-0.1, -0.05) is 0 Å². The zero-order valence-electron chi connectivity index (χ0n) is 13.8. The Labute approximate surface area is 148 Å². The fourth-order valence-electron chi connectivity index (χ4n) is 3.85. The van der Waals surface area contributed by atoms with Gasteiger partial charge in [0.15, 0.2) is 0 Å². The van der Waals surface area contributed by atoms with Gasteiger partial charge in [0.05, 0.1) is 28.7 Å². The number of ether oxygens (including phenoxy) is 2. The molecule has 24 heavy (non-hydrogen) atoms. The minimum absolute atomic E-state index is 0.119. The Bertz CT molecular complexity index is 796. The van der Waals surface area contributed by atoms with Gasteiger partial charge in [0.1, 0.15) is 12.4 Å². The van der Waals surface area contributed by atoms with Gasteiger partial charge < -0.3 is 14.4 Å². The van der Waals surface area contributed by atoms with Crippen LogP contribution in [0.1, 0.15) is 31.7 Å². The van der Waals surface area contributed by atoms with E-state index in [0.29, 0.717) is 12.6 Å². The van der Waals surface area contributed by atoms with Gasteiger partial charge in [-0.25, -0.2) is 4.79 Å². The average Bonchev–Trinajstić information content (AvgIpc) is 3.11. The summed E-state index contributed by atoms with van der Waals surface area (Å²) >= 11 is 3.52. The van der Waals surface area contributed by atoms with Crippen molar-refractivity contribution in [2.45, 2.75) is 37.3 Å². The molecule has 0 atom stereocenters. The molecule has 1 saturated heterocycles. The number of hydrogen-bond donors (Lipinski definition) is 0. The van der Waals surface area contributed by atoms with Crippen LogP contribution in [0.5, 0.6) is 5.75 Å². The molecule has 1 amide bonds. The van der Waals surface area contributed by atoms with E-state index in [9.17, 15) is 4.79 Å². The van der Waals surface area contributed by atoms with E-state index in [-0.39, 0.29) is 11.6 Å². The van der Waals surface area contributed by atoms with Crippen molar-refractivity contribution >= 4 is 32.9 Å². The van der Waals surface area contributed by atoms with Crippen LogP contribution in [0.3, 0.4) is 0 Å². The van der Waals surface area contributed by atoms with Crippen molar-refractivity contribution in [3.63, 3.8) is 0 Å². The number of cyclic esters (lactones) is 1. The predicted octanol–water partition coefficient (Wildman–Crippen LogP) is 3.74. The minimum atomic E-state index is -0.199. The Kier molecular flexibility index (Phi) is 3.71. The summed E-state index contributed by atoms with van der Waals surface area (Å²) in [5.74, 6) is 0.790. The molecule has 0 unspecified atom stereocenters. The first kappa shape index (κ1) is 15.7. The molecular formula is C17H20BrN3O3. The van der Waals surface area contributed by atoms with E-state index in [1.54, 1.807) is 12.0 Å². The number of fused-ring (bicyclic) bond motifs is 1. The third-order valence-electron chi connectivity index (χ3n) is 5.51. The highest BCUT2D eigenvalue weighted by atomic mass is 79.9. The number of likely N-dealkylation sites (N-methyl/N-ethyl adjacent to an activating group) is 1. The molecule has 1 aromatic carbocycles. The SMILES string of the molecule is COc1cc2nn([C@H]3CC[C@@]4(CC3)COC(=O)N4C)cc2cc1Br. The highest BCUT2D eigenvalue weighted by molar-refractivity contribution is 9.10. The number of carbonyl (C=O) groups excluding carboxylic acids is 1. The van der Waals surface area contributed by atoms with Gasteiger partial charge in [0.25, 0.3) is 0 Å². The highest BCUT2D eigenvalue weighted by Crippen LogP contribution is 2.41. The second-order valence-electron chi connectivity index (χ2n) is 6.72. The van der Waals surface area contributed by atoms with Crippen molar-refractivity contribution < 1.29 is 14.3 Å². The normalized spacial score (nSPS) is 27.0. The first-order chi connectivity index (χ1) is 11.5. The smallest absolute Gasteiger partial charge is 0.410 e. The third-order valence-corrected chi connectivity index (χ3v) is 6.13. The van der Waals surface area contributed by atoms with E-state index >= 15 is 0 Å². The lowest BCUT2D eigenvalue weighted by Gasteiger charge is -2.39. The van der Waals surface area contributed by atoms with Crippen LogP contribution in [0.15, 0.2) is 22.8 Å². The van der Waals surface area contributed by atoms with Gasteiger partial charge in [-0.2, -0.15) is 5.10 Å². The molecule has 2 heterocycles. The molecule has 2 aromatic rings. The molecule has 0 bridgehead atoms. The minimum Gasteiger partial charge on any atom is -0.495 e. The van der Waals surface area contributed by atoms with Crippen LogP contribution in [-0.2, 0) is 4.74 Å². The monoisotopic (exact) mass is 393 g/mol. The first-order valence-corrected chi connectivity index (χ1v) is 8.95. The summed E-state index contributed by atoms with van der Waals surface area (Å²) in [6, 6.07) is 4.35. The summed E-state index contributed by atoms with van der Waals surface area (Å²) in [5.41, 5.74) is 0.818. The average molecular weight is 394 g/mol. The first-order valence-electron chi connectivity index (χ1n) is 8.15. The number of methoxy groups -OCH3 is 1. The molecule has 1 saturated carbocycles. The summed E-state index contributed by atoms with van der Waals surface area (Å²) in [6.07, 6.45) is 5.78. The van der Waals surface area contributed by atoms with E-state index in [1.165, 1.54) is 0 Å². The lowest BCUT2D eigenvalue weighted by molar-refractivity contribution is 0.114. The Morgan fingerprint density at radius 2 is 2.12 bits per heavy atom. The number of hydrogen-bond acceptors (Lipinski definition) is 4. The van der Waals surface area contributed by atoms with Crippen LogP contribution in [0, 0.1) is 0 Å². The number of nitrogens with zero attached hydrogens (tertiary/aromatic N) is 3. The number of benzene rings is 1. The van der Waals surface area contributed by atoms with Crippen molar-refractivity contribution in [2.75, 3.05) is 20.8 Å². The molecule has 0 radical (unpaired) electrons. The number of amides is 1. The van der Waals surface area contributed by atoms with Gasteiger partial charge in [-0.05, 0) is 47.7 Å². The van der Waals surface area contributed by atoms with E-state index in [0.717, 1.165) is 46.8 Å². The summed E-state index contributed by atoms with van der Waals surface area (Å²) in [5, 5.41) is 5.84. The van der Waals surface area contributed by atoms with Gasteiger partial charge in [-0.3, -0.25) is 4.68 Å². The molecule has 7 heteroatoms. The van der Waals surface area contributed by atoms with Crippen molar-refractivity contribution in [1.82, 2.24) is 14.7 Å². The van der Waals surface area contributed by atoms with Crippen LogP contribution >= 0.6 is 15.9 Å². The Balaban J connectivity index is 1.55. The lowest BCUT2D eigenvalue weighted by atomic mass is 9.79. The summed E-state index contributed by atoms with van der Waals surface area (Å²) in [6.45, 7) is 0.514. The largest absolute Gasteiger partial charge is 0.495 e. The summed E-state index contributed by atoms with van der Waals surface area (Å²) in [4.78, 5) is 13.5. The fourth-order valence-corrected chi connectivity index (χ4v) is 4.38. The number of carbonyl (C=O) groups is 1. The molecular weight excluding hydrogens is 374 g/mol. The highest BCUT2D eigenvalue weighted by Gasteiger charge is 2.47. The molecule has 1 spiro atoms. The summed E-state index contributed by atoms with van der Waals surface area (Å²) < 4.78 is 13.6. The summed E-state index contributed by atoms with van der Waals surface area (Å²) in [7, 11) is 3.51. The second-order valence-corrected chi connectivity index (χ2v) is 7.58. The third kappa shape index (κ3) is 2.37. The Hall–Kier alpha value is -1.76. The number of rotatable bonds is 2. The number of halogens is 1. The van der Waals surface area contributed by atoms with Gasteiger partial charge in [0, 0.05) is 24.7 Å². The van der Waals surface area contributed by atoms with Crippen LogP contribution in [-0.4, -0.2) is 47.1 Å². The molecule has 1 aliphatic heterocycles. The maximum Gasteiger partial charge on any atom is 0.410 e.